The Hall–Kier alpha value is -2.83. The first-order chi connectivity index (χ1) is 18.3. The number of thioether (sulfide) groups is 1. The molecule has 1 saturated heterocycles. The number of esters is 1. The van der Waals surface area contributed by atoms with Gasteiger partial charge in [0.1, 0.15) is 11.5 Å². The van der Waals surface area contributed by atoms with Crippen molar-refractivity contribution >= 4 is 73.1 Å². The van der Waals surface area contributed by atoms with Crippen molar-refractivity contribution < 1.29 is 33.4 Å². The second-order valence-corrected chi connectivity index (χ2v) is 11.4. The molecule has 0 bridgehead atoms. The molecule has 1 fully saturated rings. The van der Waals surface area contributed by atoms with Crippen molar-refractivity contribution in [3.8, 4) is 11.5 Å². The molecule has 0 radical (unpaired) electrons. The van der Waals surface area contributed by atoms with Crippen LogP contribution in [0.15, 0.2) is 21.5 Å². The van der Waals surface area contributed by atoms with E-state index in [4.69, 9.17) is 14.2 Å². The average Bonchev–Trinajstić information content (AvgIpc) is 3.37. The topological polar surface area (TPSA) is 111 Å². The minimum absolute atomic E-state index is 0.180. The predicted molar refractivity (Wildman–Crippen MR) is 150 cm³/mol. The van der Waals surface area contributed by atoms with Crippen molar-refractivity contribution in [1.82, 2.24) is 4.90 Å². The van der Waals surface area contributed by atoms with Gasteiger partial charge in [0, 0.05) is 4.88 Å². The maximum atomic E-state index is 13.0. The predicted octanol–water partition coefficient (Wildman–Crippen LogP) is 5.65. The maximum Gasteiger partial charge on any atom is 0.341 e. The minimum Gasteiger partial charge on any atom is -0.493 e. The van der Waals surface area contributed by atoms with Gasteiger partial charge < -0.3 is 19.5 Å². The second kappa shape index (κ2) is 12.4. The summed E-state index contributed by atoms with van der Waals surface area (Å²) < 4.78 is 16.9. The Morgan fingerprint density at radius 2 is 1.92 bits per heavy atom. The summed E-state index contributed by atoms with van der Waals surface area (Å²) in [5.74, 6) is -0.608. The number of halogens is 1. The Morgan fingerprint density at radius 1 is 1.16 bits per heavy atom. The van der Waals surface area contributed by atoms with Crippen LogP contribution in [0.4, 0.5) is 9.80 Å². The summed E-state index contributed by atoms with van der Waals surface area (Å²) in [6, 6.07) is 3.45. The molecule has 9 nitrogen and oxygen atoms in total. The Morgan fingerprint density at radius 3 is 2.63 bits per heavy atom. The van der Waals surface area contributed by atoms with E-state index in [1.165, 1.54) is 18.4 Å². The maximum absolute atomic E-state index is 13.0. The van der Waals surface area contributed by atoms with Crippen LogP contribution in [-0.2, 0) is 27.2 Å². The van der Waals surface area contributed by atoms with Crippen LogP contribution < -0.4 is 14.8 Å². The Balaban J connectivity index is 1.51. The van der Waals surface area contributed by atoms with Crippen LogP contribution in [-0.4, -0.2) is 54.8 Å². The number of carbonyl (C=O) groups excluding carboxylic acids is 4. The van der Waals surface area contributed by atoms with Gasteiger partial charge >= 0.3 is 5.97 Å². The van der Waals surface area contributed by atoms with E-state index in [-0.39, 0.29) is 11.5 Å². The minimum atomic E-state index is -0.574. The molecule has 4 rings (SSSR count). The number of ether oxygens (including phenoxy) is 3. The van der Waals surface area contributed by atoms with Gasteiger partial charge in [-0.15, -0.1) is 11.3 Å². The number of fused-ring (bicyclic) bond motifs is 1. The molecule has 1 aliphatic heterocycles. The van der Waals surface area contributed by atoms with Gasteiger partial charge in [0.2, 0.25) is 5.91 Å². The molecule has 2 aliphatic rings. The monoisotopic (exact) mass is 622 g/mol. The van der Waals surface area contributed by atoms with Gasteiger partial charge in [0.05, 0.1) is 35.3 Å². The zero-order chi connectivity index (χ0) is 27.4. The largest absolute Gasteiger partial charge is 0.493 e. The SMILES string of the molecule is CCOC(=O)c1c(NC(=O)CN2C(=O)SC(=Cc3cc(Br)c(OCC)c(OC)c3)C2=O)sc2c1CCCC2. The van der Waals surface area contributed by atoms with Gasteiger partial charge in [-0.05, 0) is 96.6 Å². The van der Waals surface area contributed by atoms with Gasteiger partial charge in [0.15, 0.2) is 11.5 Å². The summed E-state index contributed by atoms with van der Waals surface area (Å²) in [6.45, 7) is 3.78. The van der Waals surface area contributed by atoms with E-state index in [0.29, 0.717) is 38.7 Å². The van der Waals surface area contributed by atoms with Crippen LogP contribution in [0.25, 0.3) is 6.08 Å². The van der Waals surface area contributed by atoms with Gasteiger partial charge in [-0.25, -0.2) is 4.79 Å². The number of rotatable bonds is 9. The number of aryl methyl sites for hydroxylation is 1. The molecular weight excluding hydrogens is 596 g/mol. The van der Waals surface area contributed by atoms with Crippen LogP contribution in [0, 0.1) is 0 Å². The lowest BCUT2D eigenvalue weighted by Crippen LogP contribution is -2.36. The van der Waals surface area contributed by atoms with E-state index in [1.807, 2.05) is 6.92 Å². The normalized spacial score (nSPS) is 16.0. The van der Waals surface area contributed by atoms with Crippen molar-refractivity contribution in [2.45, 2.75) is 39.5 Å². The highest BCUT2D eigenvalue weighted by Crippen LogP contribution is 2.40. The molecule has 1 aromatic carbocycles. The van der Waals surface area contributed by atoms with Gasteiger partial charge in [-0.2, -0.15) is 0 Å². The van der Waals surface area contributed by atoms with Crippen molar-refractivity contribution in [2.75, 3.05) is 32.2 Å². The first-order valence-electron chi connectivity index (χ1n) is 12.1. The van der Waals surface area contributed by atoms with E-state index in [9.17, 15) is 19.2 Å². The third-order valence-corrected chi connectivity index (χ3v) is 8.62. The molecule has 202 valence electrons. The fraction of sp³-hybridized carbons (Fsp3) is 0.385. The molecule has 1 aromatic heterocycles. The highest BCUT2D eigenvalue weighted by molar-refractivity contribution is 9.10. The third-order valence-electron chi connectivity index (χ3n) is 5.92. The van der Waals surface area contributed by atoms with Gasteiger partial charge in [-0.1, -0.05) is 0 Å². The van der Waals surface area contributed by atoms with Crippen LogP contribution >= 0.6 is 39.0 Å². The number of amides is 3. The molecule has 1 N–H and O–H groups in total. The van der Waals surface area contributed by atoms with Crippen molar-refractivity contribution in [2.24, 2.45) is 0 Å². The van der Waals surface area contributed by atoms with Crippen LogP contribution in [0.3, 0.4) is 0 Å². The fourth-order valence-corrected chi connectivity index (χ4v) is 6.98. The summed E-state index contributed by atoms with van der Waals surface area (Å²) in [5.41, 5.74) is 1.92. The number of methoxy groups -OCH3 is 1. The molecule has 3 amide bonds. The molecule has 2 heterocycles. The summed E-state index contributed by atoms with van der Waals surface area (Å²) >= 11 is 5.56. The quantitative estimate of drug-likeness (QED) is 0.282. The second-order valence-electron chi connectivity index (χ2n) is 8.42. The Kier molecular flexibility index (Phi) is 9.16. The fourth-order valence-electron chi connectivity index (χ4n) is 4.28. The number of nitrogens with zero attached hydrogens (tertiary/aromatic N) is 1. The number of hydrogen-bond donors (Lipinski definition) is 1. The number of benzene rings is 1. The molecular formula is C26H27BrN2O7S2. The Labute approximate surface area is 237 Å². The van der Waals surface area contributed by atoms with E-state index in [0.717, 1.165) is 52.8 Å². The lowest BCUT2D eigenvalue weighted by atomic mass is 9.95. The van der Waals surface area contributed by atoms with Gasteiger partial charge in [-0.3, -0.25) is 19.3 Å². The van der Waals surface area contributed by atoms with Crippen LogP contribution in [0.5, 0.6) is 11.5 Å². The van der Waals surface area contributed by atoms with E-state index < -0.39 is 29.6 Å². The molecule has 0 atom stereocenters. The van der Waals surface area contributed by atoms with Crippen LogP contribution in [0.1, 0.15) is 53.1 Å². The van der Waals surface area contributed by atoms with E-state index in [2.05, 4.69) is 21.2 Å². The zero-order valence-corrected chi connectivity index (χ0v) is 24.4. The lowest BCUT2D eigenvalue weighted by molar-refractivity contribution is -0.127. The number of thiophene rings is 1. The number of hydrogen-bond acceptors (Lipinski definition) is 9. The average molecular weight is 624 g/mol. The molecule has 0 unspecified atom stereocenters. The first kappa shape index (κ1) is 28.2. The number of carbonyl (C=O) groups is 4. The summed E-state index contributed by atoms with van der Waals surface area (Å²) in [5, 5.41) is 2.59. The zero-order valence-electron chi connectivity index (χ0n) is 21.2. The highest BCUT2D eigenvalue weighted by Gasteiger charge is 2.37. The standard InChI is InChI=1S/C26H27BrN2O7S2/c1-4-35-22-16(27)10-14(11-17(22)34-3)12-19-24(31)29(26(33)38-19)13-20(30)28-23-21(25(32)36-5-2)15-8-6-7-9-18(15)37-23/h10-12H,4-9,13H2,1-3H3,(H,28,30). The van der Waals surface area contributed by atoms with Crippen molar-refractivity contribution in [3.63, 3.8) is 0 Å². The van der Waals surface area contributed by atoms with E-state index >= 15 is 0 Å². The summed E-state index contributed by atoms with van der Waals surface area (Å²) in [4.78, 5) is 53.4. The van der Waals surface area contributed by atoms with Gasteiger partial charge in [0.25, 0.3) is 11.1 Å². The highest BCUT2D eigenvalue weighted by atomic mass is 79.9. The van der Waals surface area contributed by atoms with Crippen molar-refractivity contribution in [3.05, 3.63) is 43.1 Å². The number of imide groups is 1. The molecule has 1 aliphatic carbocycles. The van der Waals surface area contributed by atoms with Crippen molar-refractivity contribution in [1.29, 1.82) is 0 Å². The lowest BCUT2D eigenvalue weighted by Gasteiger charge is -2.14. The molecule has 12 heteroatoms. The van der Waals surface area contributed by atoms with E-state index in [1.54, 1.807) is 25.1 Å². The summed E-state index contributed by atoms with van der Waals surface area (Å²) in [6.07, 6.45) is 5.13. The third kappa shape index (κ3) is 5.92. The number of nitrogens with one attached hydrogen (secondary N) is 1. The summed E-state index contributed by atoms with van der Waals surface area (Å²) in [7, 11) is 1.51. The molecule has 0 saturated carbocycles. The Bertz CT molecular complexity index is 1320. The molecule has 38 heavy (non-hydrogen) atoms. The smallest absolute Gasteiger partial charge is 0.341 e. The molecule has 0 spiro atoms. The number of anilines is 1. The first-order valence-corrected chi connectivity index (χ1v) is 14.6. The molecule has 2 aromatic rings. The van der Waals surface area contributed by atoms with Crippen LogP contribution in [0.2, 0.25) is 0 Å².